The Hall–Kier alpha value is -1.91. The number of benzene rings is 2. The van der Waals surface area contributed by atoms with Crippen molar-refractivity contribution in [3.8, 4) is 11.5 Å². The fourth-order valence-corrected chi connectivity index (χ4v) is 2.91. The maximum Gasteiger partial charge on any atom is 0.160 e. The summed E-state index contributed by atoms with van der Waals surface area (Å²) in [5.74, 6) is 1.58. The number of ether oxygens (including phenoxy) is 2. The molecule has 0 atom stereocenters. The second kappa shape index (κ2) is 15.9. The molecule has 0 aliphatic carbocycles. The van der Waals surface area contributed by atoms with Crippen molar-refractivity contribution in [3.05, 3.63) is 52.0 Å². The molecule has 0 unspecified atom stereocenters. The van der Waals surface area contributed by atoms with Crippen LogP contribution in [0.4, 0.5) is 5.69 Å². The van der Waals surface area contributed by atoms with Crippen LogP contribution in [0.15, 0.2) is 30.3 Å². The normalized spacial score (nSPS) is 9.83. The molecule has 2 aromatic carbocycles. The van der Waals surface area contributed by atoms with Gasteiger partial charge in [0.1, 0.15) is 0 Å². The molecular weight excluding hydrogens is 396 g/mol. The van der Waals surface area contributed by atoms with Crippen LogP contribution in [0.3, 0.4) is 0 Å². The smallest absolute Gasteiger partial charge is 0.160 e. The van der Waals surface area contributed by atoms with Gasteiger partial charge in [-0.2, -0.15) is 0 Å². The van der Waals surface area contributed by atoms with Gasteiger partial charge < -0.3 is 19.7 Å². The Kier molecular flexibility index (Phi) is 14.9. The number of methoxy groups -OCH3 is 2. The fourth-order valence-electron chi connectivity index (χ4n) is 2.70. The summed E-state index contributed by atoms with van der Waals surface area (Å²) in [6.07, 6.45) is 2.19. The average Bonchev–Trinajstić information content (AvgIpc) is 2.78. The first-order valence-corrected chi connectivity index (χ1v) is 11.1. The van der Waals surface area contributed by atoms with E-state index in [1.54, 1.807) is 14.2 Å². The number of nitrogens with zero attached hydrogens (tertiary/aromatic N) is 1. The molecule has 30 heavy (non-hydrogen) atoms. The van der Waals surface area contributed by atoms with Gasteiger partial charge in [-0.3, -0.25) is 0 Å². The molecule has 0 aromatic heterocycles. The Morgan fingerprint density at radius 2 is 1.50 bits per heavy atom. The summed E-state index contributed by atoms with van der Waals surface area (Å²) in [7, 11) is 7.36. The van der Waals surface area contributed by atoms with Crippen molar-refractivity contribution < 1.29 is 9.47 Å². The van der Waals surface area contributed by atoms with Crippen LogP contribution in [0, 0.1) is 13.8 Å². The number of nitrogens with one attached hydrogen (secondary N) is 1. The summed E-state index contributed by atoms with van der Waals surface area (Å²) in [6, 6.07) is 10.1. The van der Waals surface area contributed by atoms with Crippen molar-refractivity contribution in [1.82, 2.24) is 4.90 Å². The monoisotopic (exact) mass is 436 g/mol. The summed E-state index contributed by atoms with van der Waals surface area (Å²) in [4.78, 5) is 2.32. The Balaban J connectivity index is 0.000000535. The van der Waals surface area contributed by atoms with Gasteiger partial charge in [0.2, 0.25) is 0 Å². The number of hydrogen-bond donors (Lipinski definition) is 1. The lowest BCUT2D eigenvalue weighted by Gasteiger charge is -2.14. The lowest BCUT2D eigenvalue weighted by molar-refractivity contribution is 0.347. The molecule has 2 rings (SSSR count). The molecular formula is C25H41ClN2O2. The van der Waals surface area contributed by atoms with E-state index in [4.69, 9.17) is 21.1 Å². The van der Waals surface area contributed by atoms with Crippen LogP contribution >= 0.6 is 11.6 Å². The quantitative estimate of drug-likeness (QED) is 0.504. The second-order valence-electron chi connectivity index (χ2n) is 6.85. The molecule has 0 amide bonds. The predicted molar refractivity (Wildman–Crippen MR) is 133 cm³/mol. The SMILES string of the molecule is CC.CCN(C)CCCc1cc(NC)ccc1Cl.COc1cc(C)c(C)cc1OC. The van der Waals surface area contributed by atoms with E-state index in [9.17, 15) is 0 Å². The Morgan fingerprint density at radius 1 is 0.967 bits per heavy atom. The topological polar surface area (TPSA) is 33.7 Å². The minimum Gasteiger partial charge on any atom is -0.493 e. The first-order valence-electron chi connectivity index (χ1n) is 10.7. The summed E-state index contributed by atoms with van der Waals surface area (Å²) in [6.45, 7) is 12.5. The maximum atomic E-state index is 6.16. The molecule has 0 spiro atoms. The standard InChI is InChI=1S/C13H21ClN2.C10H14O2.C2H6/c1-4-16(3)9-5-6-11-10-12(15-2)7-8-13(11)14;1-7-5-9(11-3)10(12-4)6-8(7)2;1-2/h7-8,10,15H,4-6,9H2,1-3H3;5-6H,1-4H3;1-2H3. The van der Waals surface area contributed by atoms with Crippen LogP contribution in [-0.4, -0.2) is 46.3 Å². The Morgan fingerprint density at radius 3 is 1.93 bits per heavy atom. The summed E-state index contributed by atoms with van der Waals surface area (Å²) >= 11 is 6.16. The molecule has 5 heteroatoms. The largest absolute Gasteiger partial charge is 0.493 e. The minimum atomic E-state index is 0.792. The van der Waals surface area contributed by atoms with Crippen molar-refractivity contribution in [1.29, 1.82) is 0 Å². The van der Waals surface area contributed by atoms with Gasteiger partial charge in [0, 0.05) is 17.8 Å². The van der Waals surface area contributed by atoms with E-state index in [0.29, 0.717) is 0 Å². The molecule has 0 saturated heterocycles. The Labute approximate surface area is 189 Å². The zero-order valence-corrected chi connectivity index (χ0v) is 21.1. The lowest BCUT2D eigenvalue weighted by Crippen LogP contribution is -2.19. The summed E-state index contributed by atoms with van der Waals surface area (Å²) in [5, 5.41) is 4.01. The zero-order valence-electron chi connectivity index (χ0n) is 20.4. The van der Waals surface area contributed by atoms with Crippen molar-refractivity contribution in [2.75, 3.05) is 46.7 Å². The molecule has 0 aliphatic rings. The van der Waals surface area contributed by atoms with Crippen LogP contribution in [-0.2, 0) is 6.42 Å². The van der Waals surface area contributed by atoms with E-state index < -0.39 is 0 Å². The van der Waals surface area contributed by atoms with E-state index in [2.05, 4.69) is 44.1 Å². The van der Waals surface area contributed by atoms with Crippen molar-refractivity contribution in [2.24, 2.45) is 0 Å². The van der Waals surface area contributed by atoms with Crippen molar-refractivity contribution in [2.45, 2.75) is 47.5 Å². The first-order chi connectivity index (χ1) is 14.4. The van der Waals surface area contributed by atoms with Crippen LogP contribution in [0.25, 0.3) is 0 Å². The fraction of sp³-hybridized carbons (Fsp3) is 0.520. The van der Waals surface area contributed by atoms with Crippen LogP contribution in [0.5, 0.6) is 11.5 Å². The molecule has 0 saturated carbocycles. The molecule has 0 radical (unpaired) electrons. The van der Waals surface area contributed by atoms with Gasteiger partial charge in [-0.25, -0.2) is 0 Å². The first kappa shape index (κ1) is 28.1. The predicted octanol–water partition coefficient (Wildman–Crippen LogP) is 6.61. The van der Waals surface area contributed by atoms with Gasteiger partial charge in [0.15, 0.2) is 11.5 Å². The lowest BCUT2D eigenvalue weighted by atomic mass is 10.1. The van der Waals surface area contributed by atoms with Gasteiger partial charge in [0.05, 0.1) is 14.2 Å². The minimum absolute atomic E-state index is 0.792. The van der Waals surface area contributed by atoms with Gasteiger partial charge >= 0.3 is 0 Å². The maximum absolute atomic E-state index is 6.16. The van der Waals surface area contributed by atoms with Crippen LogP contribution in [0.2, 0.25) is 5.02 Å². The van der Waals surface area contributed by atoms with Crippen molar-refractivity contribution >= 4 is 17.3 Å². The number of halogens is 1. The third kappa shape index (κ3) is 9.73. The highest BCUT2D eigenvalue weighted by atomic mass is 35.5. The van der Waals surface area contributed by atoms with Gasteiger partial charge in [-0.05, 0) is 93.8 Å². The van der Waals surface area contributed by atoms with Gasteiger partial charge in [-0.15, -0.1) is 0 Å². The highest BCUT2D eigenvalue weighted by Crippen LogP contribution is 2.29. The molecule has 1 N–H and O–H groups in total. The summed E-state index contributed by atoms with van der Waals surface area (Å²) in [5.41, 5.74) is 4.79. The molecule has 4 nitrogen and oxygen atoms in total. The third-order valence-electron chi connectivity index (χ3n) is 4.86. The van der Waals surface area contributed by atoms with E-state index in [-0.39, 0.29) is 0 Å². The third-order valence-corrected chi connectivity index (χ3v) is 5.23. The number of rotatable bonds is 8. The average molecular weight is 437 g/mol. The van der Waals surface area contributed by atoms with Gasteiger partial charge in [-0.1, -0.05) is 32.4 Å². The van der Waals surface area contributed by atoms with Crippen LogP contribution in [0.1, 0.15) is 43.9 Å². The van der Waals surface area contributed by atoms with E-state index in [1.165, 1.54) is 16.7 Å². The highest BCUT2D eigenvalue weighted by Gasteiger charge is 2.05. The molecule has 0 heterocycles. The van der Waals surface area contributed by atoms with E-state index in [1.807, 2.05) is 45.2 Å². The molecule has 0 bridgehead atoms. The number of aryl methyl sites for hydroxylation is 3. The van der Waals surface area contributed by atoms with Gasteiger partial charge in [0.25, 0.3) is 0 Å². The Bertz CT molecular complexity index is 706. The zero-order chi connectivity index (χ0) is 23.1. The highest BCUT2D eigenvalue weighted by molar-refractivity contribution is 6.31. The van der Waals surface area contributed by atoms with Crippen molar-refractivity contribution in [3.63, 3.8) is 0 Å². The molecule has 2 aromatic rings. The molecule has 0 aliphatic heterocycles. The van der Waals surface area contributed by atoms with E-state index >= 15 is 0 Å². The second-order valence-corrected chi connectivity index (χ2v) is 7.25. The summed E-state index contributed by atoms with van der Waals surface area (Å²) < 4.78 is 10.3. The molecule has 170 valence electrons. The van der Waals surface area contributed by atoms with E-state index in [0.717, 1.165) is 48.1 Å². The number of anilines is 1. The number of hydrogen-bond acceptors (Lipinski definition) is 4. The molecule has 0 fully saturated rings. The van der Waals surface area contributed by atoms with Crippen LogP contribution < -0.4 is 14.8 Å².